The summed E-state index contributed by atoms with van der Waals surface area (Å²) >= 11 is 0. The number of nitrogens with zero attached hydrogens (tertiary/aromatic N) is 1. The second-order valence-corrected chi connectivity index (χ2v) is 4.48. The molecule has 5 heteroatoms. The number of hydrogen-bond donors (Lipinski definition) is 3. The van der Waals surface area contributed by atoms with Gasteiger partial charge >= 0.3 is 0 Å². The van der Waals surface area contributed by atoms with Crippen LogP contribution in [0, 0.1) is 0 Å². The van der Waals surface area contributed by atoms with E-state index in [1.807, 2.05) is 6.07 Å². The van der Waals surface area contributed by atoms with Crippen LogP contribution < -0.4 is 11.1 Å². The highest BCUT2D eigenvalue weighted by molar-refractivity contribution is 5.79. The first kappa shape index (κ1) is 15.5. The molecule has 0 radical (unpaired) electrons. The molecule has 0 amide bonds. The molecule has 1 aromatic carbocycles. The molecule has 0 fully saturated rings. The van der Waals surface area contributed by atoms with E-state index in [0.29, 0.717) is 18.9 Å². The van der Waals surface area contributed by atoms with Gasteiger partial charge in [-0.25, -0.2) is 0 Å². The minimum Gasteiger partial charge on any atom is -0.409 e. The van der Waals surface area contributed by atoms with Gasteiger partial charge in [-0.2, -0.15) is 0 Å². The molecular weight excluding hydrogens is 242 g/mol. The van der Waals surface area contributed by atoms with Crippen molar-refractivity contribution in [3.05, 3.63) is 35.4 Å². The third-order valence-electron chi connectivity index (χ3n) is 2.80. The van der Waals surface area contributed by atoms with Gasteiger partial charge in [-0.05, 0) is 30.5 Å². The highest BCUT2D eigenvalue weighted by atomic mass is 16.5. The number of oxime groups is 1. The van der Waals surface area contributed by atoms with Crippen molar-refractivity contribution in [1.82, 2.24) is 5.32 Å². The maximum absolute atomic E-state index is 8.39. The number of amidine groups is 1. The highest BCUT2D eigenvalue weighted by Crippen LogP contribution is 2.06. The van der Waals surface area contributed by atoms with E-state index >= 15 is 0 Å². The molecule has 19 heavy (non-hydrogen) atoms. The normalized spacial score (nSPS) is 11.7. The lowest BCUT2D eigenvalue weighted by Gasteiger charge is -2.07. The Hall–Kier alpha value is -1.59. The molecule has 106 valence electrons. The molecule has 0 aliphatic carbocycles. The molecule has 1 aromatic rings. The van der Waals surface area contributed by atoms with Crippen molar-refractivity contribution in [3.63, 3.8) is 0 Å². The van der Waals surface area contributed by atoms with E-state index in [-0.39, 0.29) is 0 Å². The first-order chi connectivity index (χ1) is 9.26. The van der Waals surface area contributed by atoms with Crippen LogP contribution in [0.4, 0.5) is 0 Å². The van der Waals surface area contributed by atoms with Crippen LogP contribution in [-0.4, -0.2) is 24.7 Å². The number of unbranched alkanes of at least 4 members (excludes halogenated alkanes) is 1. The predicted molar refractivity (Wildman–Crippen MR) is 76.1 cm³/mol. The largest absolute Gasteiger partial charge is 0.409 e. The van der Waals surface area contributed by atoms with Gasteiger partial charge in [-0.1, -0.05) is 29.4 Å². The average molecular weight is 265 g/mol. The third-order valence-corrected chi connectivity index (χ3v) is 2.80. The van der Waals surface area contributed by atoms with Crippen LogP contribution in [0.15, 0.2) is 29.4 Å². The van der Waals surface area contributed by atoms with Crippen LogP contribution in [0.1, 0.15) is 30.4 Å². The number of nitrogens with one attached hydrogen (secondary N) is 1. The van der Waals surface area contributed by atoms with Gasteiger partial charge in [-0.15, -0.1) is 0 Å². The summed E-state index contributed by atoms with van der Waals surface area (Å²) in [7, 11) is 1.70. The molecule has 0 saturated heterocycles. The minimum atomic E-state index is 0.298. The van der Waals surface area contributed by atoms with Crippen LogP contribution in [0.5, 0.6) is 0 Å². The fourth-order valence-corrected chi connectivity index (χ4v) is 1.83. The maximum Gasteiger partial charge on any atom is 0.139 e. The number of methoxy groups -OCH3 is 1. The summed E-state index contributed by atoms with van der Waals surface area (Å²) in [5.41, 5.74) is 7.84. The summed E-state index contributed by atoms with van der Waals surface area (Å²) in [6, 6.07) is 8.35. The lowest BCUT2D eigenvalue weighted by molar-refractivity contribution is 0.185. The van der Waals surface area contributed by atoms with E-state index in [9.17, 15) is 0 Å². The molecule has 1 rings (SSSR count). The molecule has 0 aliphatic heterocycles. The van der Waals surface area contributed by atoms with Crippen LogP contribution in [-0.2, 0) is 17.9 Å². The Balaban J connectivity index is 2.17. The number of nitrogens with two attached hydrogens (primary N) is 1. The average Bonchev–Trinajstić information content (AvgIpc) is 2.43. The van der Waals surface area contributed by atoms with Gasteiger partial charge in [0, 0.05) is 20.1 Å². The summed E-state index contributed by atoms with van der Waals surface area (Å²) in [6.07, 6.45) is 2.57. The van der Waals surface area contributed by atoms with Gasteiger partial charge in [0.25, 0.3) is 0 Å². The molecule has 0 atom stereocenters. The Bertz CT molecular complexity index is 394. The molecule has 0 aromatic heterocycles. The zero-order chi connectivity index (χ0) is 13.9. The van der Waals surface area contributed by atoms with Crippen molar-refractivity contribution in [1.29, 1.82) is 0 Å². The maximum atomic E-state index is 8.39. The Morgan fingerprint density at radius 2 is 2.16 bits per heavy atom. The molecule has 0 heterocycles. The Kier molecular flexibility index (Phi) is 7.62. The van der Waals surface area contributed by atoms with Gasteiger partial charge in [0.05, 0.1) is 6.61 Å². The van der Waals surface area contributed by atoms with E-state index < -0.39 is 0 Å². The highest BCUT2D eigenvalue weighted by Gasteiger charge is 1.97. The summed E-state index contributed by atoms with van der Waals surface area (Å²) < 4.78 is 5.11. The summed E-state index contributed by atoms with van der Waals surface area (Å²) in [5, 5.41) is 14.7. The minimum absolute atomic E-state index is 0.298. The molecule has 0 aliphatic rings. The first-order valence-electron chi connectivity index (χ1n) is 6.50. The molecule has 4 N–H and O–H groups in total. The molecule has 0 unspecified atom stereocenters. The second-order valence-electron chi connectivity index (χ2n) is 4.48. The van der Waals surface area contributed by atoms with Gasteiger partial charge in [0.15, 0.2) is 0 Å². The molecule has 0 bridgehead atoms. The van der Waals surface area contributed by atoms with Crippen molar-refractivity contribution in [2.24, 2.45) is 10.9 Å². The number of ether oxygens (including phenoxy) is 1. The zero-order valence-electron chi connectivity index (χ0n) is 11.4. The van der Waals surface area contributed by atoms with Crippen molar-refractivity contribution >= 4 is 5.84 Å². The number of hydrogen-bond acceptors (Lipinski definition) is 4. The van der Waals surface area contributed by atoms with E-state index in [0.717, 1.165) is 25.9 Å². The lowest BCUT2D eigenvalue weighted by Crippen LogP contribution is -2.16. The third kappa shape index (κ3) is 6.79. The monoisotopic (exact) mass is 265 g/mol. The van der Waals surface area contributed by atoms with E-state index in [2.05, 4.69) is 28.7 Å². The van der Waals surface area contributed by atoms with Gasteiger partial charge in [0.1, 0.15) is 5.84 Å². The van der Waals surface area contributed by atoms with Gasteiger partial charge in [-0.3, -0.25) is 0 Å². The second kappa shape index (κ2) is 9.35. The van der Waals surface area contributed by atoms with Crippen molar-refractivity contribution in [2.45, 2.75) is 32.4 Å². The summed E-state index contributed by atoms with van der Waals surface area (Å²) in [5.74, 6) is 0.298. The summed E-state index contributed by atoms with van der Waals surface area (Å²) in [6.45, 7) is 2.42. The zero-order valence-corrected chi connectivity index (χ0v) is 11.4. The fourth-order valence-electron chi connectivity index (χ4n) is 1.83. The Morgan fingerprint density at radius 1 is 1.37 bits per heavy atom. The van der Waals surface area contributed by atoms with Crippen LogP contribution in [0.3, 0.4) is 0 Å². The standard InChI is InChI=1S/C14H23N3O2/c1-19-11-13-6-4-5-12(9-13)10-16-8-3-2-7-14(15)17-18/h4-6,9,16,18H,2-3,7-8,10-11H2,1H3,(H2,15,17). The van der Waals surface area contributed by atoms with E-state index in [1.165, 1.54) is 11.1 Å². The van der Waals surface area contributed by atoms with Crippen molar-refractivity contribution in [2.75, 3.05) is 13.7 Å². The predicted octanol–water partition coefficient (Wildman–Crippen LogP) is 1.84. The fraction of sp³-hybridized carbons (Fsp3) is 0.500. The SMILES string of the molecule is COCc1cccc(CNCCCCC(N)=NO)c1. The van der Waals surface area contributed by atoms with Crippen LogP contribution in [0.2, 0.25) is 0 Å². The van der Waals surface area contributed by atoms with Crippen molar-refractivity contribution < 1.29 is 9.94 Å². The summed E-state index contributed by atoms with van der Waals surface area (Å²) in [4.78, 5) is 0. The quantitative estimate of drug-likeness (QED) is 0.209. The van der Waals surface area contributed by atoms with Crippen LogP contribution in [0.25, 0.3) is 0 Å². The van der Waals surface area contributed by atoms with Crippen LogP contribution >= 0.6 is 0 Å². The molecule has 0 spiro atoms. The van der Waals surface area contributed by atoms with Gasteiger partial charge in [0.2, 0.25) is 0 Å². The molecule has 5 nitrogen and oxygen atoms in total. The molecule has 0 saturated carbocycles. The smallest absolute Gasteiger partial charge is 0.139 e. The van der Waals surface area contributed by atoms with Gasteiger partial charge < -0.3 is 21.0 Å². The number of rotatable bonds is 9. The van der Waals surface area contributed by atoms with E-state index in [1.54, 1.807) is 7.11 Å². The topological polar surface area (TPSA) is 79.9 Å². The van der Waals surface area contributed by atoms with Crippen molar-refractivity contribution in [3.8, 4) is 0 Å². The Labute approximate surface area is 114 Å². The van der Waals surface area contributed by atoms with E-state index in [4.69, 9.17) is 15.7 Å². The lowest BCUT2D eigenvalue weighted by atomic mass is 10.1. The molecular formula is C14H23N3O2. The Morgan fingerprint density at radius 3 is 2.89 bits per heavy atom. The first-order valence-corrected chi connectivity index (χ1v) is 6.50. The number of benzene rings is 1.